The van der Waals surface area contributed by atoms with Crippen molar-refractivity contribution < 1.29 is 3.79 Å². The molecule has 0 N–H and O–H groups in total. The minimum Gasteiger partial charge on any atom is -0.646 e. The molecule has 0 bridgehead atoms. The van der Waals surface area contributed by atoms with Gasteiger partial charge in [0.2, 0.25) is 0 Å². The summed E-state index contributed by atoms with van der Waals surface area (Å²) in [6, 6.07) is 9.93. The Balaban J connectivity index is 0.000000509. The molecule has 0 amide bonds. The lowest BCUT2D eigenvalue weighted by atomic mass is 10.2. The number of fused-ring (bicyclic) bond motifs is 1. The van der Waals surface area contributed by atoms with Gasteiger partial charge in [-0.25, -0.2) is 0 Å². The summed E-state index contributed by atoms with van der Waals surface area (Å²) >= 11 is 0.706. The third kappa shape index (κ3) is 3.85. The zero-order valence-corrected chi connectivity index (χ0v) is 12.8. The third-order valence-corrected chi connectivity index (χ3v) is 2.26. The largest absolute Gasteiger partial charge is 0.646 e. The van der Waals surface area contributed by atoms with Crippen LogP contribution >= 0.6 is 0 Å². The number of pyridine rings is 1. The average molecular weight is 233 g/mol. The maximum absolute atomic E-state index is 5.30. The van der Waals surface area contributed by atoms with E-state index in [-0.39, 0.29) is 0 Å². The van der Waals surface area contributed by atoms with Gasteiger partial charge in [-0.05, 0) is 12.1 Å². The van der Waals surface area contributed by atoms with E-state index in [0.29, 0.717) is 16.6 Å². The fourth-order valence-electron chi connectivity index (χ4n) is 1.24. The Morgan fingerprint density at radius 3 is 2.25 bits per heavy atom. The van der Waals surface area contributed by atoms with E-state index in [4.69, 9.17) is 3.79 Å². The highest BCUT2D eigenvalue weighted by Gasteiger charge is 1.97. The van der Waals surface area contributed by atoms with Gasteiger partial charge in [-0.2, -0.15) is 0 Å². The molecule has 0 aliphatic heterocycles. The molecule has 1 aromatic heterocycles. The van der Waals surface area contributed by atoms with Crippen LogP contribution in [0, 0.1) is 0 Å². The lowest BCUT2D eigenvalue weighted by molar-refractivity contribution is 0.622. The van der Waals surface area contributed by atoms with E-state index < -0.39 is 0 Å². The number of nitrogens with zero attached hydrogens (tertiary/aromatic N) is 1. The monoisotopic (exact) mass is 233 g/mol. The highest BCUT2D eigenvalue weighted by atomic mass is 27.1. The van der Waals surface area contributed by atoms with Crippen LogP contribution in [0.3, 0.4) is 0 Å². The molecule has 16 heavy (non-hydrogen) atoms. The second kappa shape index (κ2) is 9.21. The van der Waals surface area contributed by atoms with Crippen molar-refractivity contribution in [2.75, 3.05) is 0 Å². The van der Waals surface area contributed by atoms with Crippen molar-refractivity contribution in [1.82, 2.24) is 4.98 Å². The summed E-state index contributed by atoms with van der Waals surface area (Å²) in [5, 5.41) is 1.13. The Kier molecular flexibility index (Phi) is 8.61. The van der Waals surface area contributed by atoms with Crippen LogP contribution in [0.2, 0.25) is 0 Å². The van der Waals surface area contributed by atoms with E-state index >= 15 is 0 Å². The molecule has 0 fully saturated rings. The number of benzene rings is 1. The van der Waals surface area contributed by atoms with Crippen LogP contribution in [-0.4, -0.2) is 21.6 Å². The first-order chi connectivity index (χ1) is 7.92. The molecule has 2 nitrogen and oxygen atoms in total. The van der Waals surface area contributed by atoms with E-state index in [1.807, 2.05) is 58.0 Å². The van der Waals surface area contributed by atoms with Crippen LogP contribution in [0.4, 0.5) is 0 Å². The molecule has 0 saturated carbocycles. The Bertz CT molecular complexity index is 399. The molecule has 0 saturated heterocycles. The predicted molar refractivity (Wildman–Crippen MR) is 73.6 cm³/mol. The lowest BCUT2D eigenvalue weighted by Crippen LogP contribution is -1.87. The molecular weight excluding hydrogens is 213 g/mol. The first-order valence-corrected chi connectivity index (χ1v) is 6.61. The molecule has 1 heterocycles. The lowest BCUT2D eigenvalue weighted by Gasteiger charge is -2.04. The summed E-state index contributed by atoms with van der Waals surface area (Å²) in [5.74, 6) is 0.889. The number of hydrogen-bond acceptors (Lipinski definition) is 2. The molecule has 0 unspecified atom stereocenters. The van der Waals surface area contributed by atoms with Crippen molar-refractivity contribution in [3.05, 3.63) is 36.5 Å². The molecule has 0 radical (unpaired) electrons. The summed E-state index contributed by atoms with van der Waals surface area (Å²) in [6.45, 7) is 8.00. The Hall–Kier alpha value is -1.04. The van der Waals surface area contributed by atoms with E-state index in [2.05, 4.69) is 4.98 Å². The summed E-state index contributed by atoms with van der Waals surface area (Å²) in [5.41, 5.74) is 0.954. The maximum atomic E-state index is 5.30. The zero-order chi connectivity index (χ0) is 12.4. The number of aromatic nitrogens is 1. The van der Waals surface area contributed by atoms with Gasteiger partial charge in [0.05, 0.1) is 0 Å². The highest BCUT2D eigenvalue weighted by Crippen LogP contribution is 2.21. The molecule has 86 valence electrons. The van der Waals surface area contributed by atoms with Crippen LogP contribution in [0.5, 0.6) is 5.75 Å². The van der Waals surface area contributed by atoms with Gasteiger partial charge in [0, 0.05) is 11.6 Å². The van der Waals surface area contributed by atoms with Gasteiger partial charge in [-0.15, -0.1) is 0 Å². The van der Waals surface area contributed by atoms with Crippen molar-refractivity contribution in [3.8, 4) is 5.75 Å². The fourth-order valence-corrected chi connectivity index (χ4v) is 1.57. The average Bonchev–Trinajstić information content (AvgIpc) is 2.42. The Morgan fingerprint density at radius 2 is 1.62 bits per heavy atom. The van der Waals surface area contributed by atoms with Crippen LogP contribution in [-0.2, 0) is 0 Å². The van der Waals surface area contributed by atoms with Crippen LogP contribution in [0.15, 0.2) is 36.5 Å². The molecule has 0 aliphatic rings. The van der Waals surface area contributed by atoms with Crippen LogP contribution in [0.25, 0.3) is 10.9 Å². The second-order valence-electron chi connectivity index (χ2n) is 2.54. The van der Waals surface area contributed by atoms with Gasteiger partial charge in [0.25, 0.3) is 0 Å². The quantitative estimate of drug-likeness (QED) is 0.705. The maximum Gasteiger partial charge on any atom is 0.497 e. The predicted octanol–water partition coefficient (Wildman–Crippen LogP) is 3.21. The van der Waals surface area contributed by atoms with Gasteiger partial charge in [-0.3, -0.25) is 4.98 Å². The van der Waals surface area contributed by atoms with Gasteiger partial charge >= 0.3 is 16.6 Å². The smallest absolute Gasteiger partial charge is 0.497 e. The number of para-hydroxylation sites is 1. The molecular formula is C13H20AlNO. The van der Waals surface area contributed by atoms with Crippen LogP contribution < -0.4 is 3.79 Å². The summed E-state index contributed by atoms with van der Waals surface area (Å²) in [7, 11) is 0. The summed E-state index contributed by atoms with van der Waals surface area (Å²) in [6.07, 6.45) is 1.78. The molecule has 1 aromatic carbocycles. The van der Waals surface area contributed by atoms with Gasteiger partial charge < -0.3 is 3.79 Å². The first kappa shape index (κ1) is 15.0. The van der Waals surface area contributed by atoms with Gasteiger partial charge in [0.15, 0.2) is 0 Å². The van der Waals surface area contributed by atoms with Gasteiger partial charge in [-0.1, -0.05) is 45.9 Å². The normalized spacial score (nSPS) is 8.25. The van der Waals surface area contributed by atoms with Crippen molar-refractivity contribution in [2.45, 2.75) is 27.7 Å². The minimum absolute atomic E-state index is 0.706. The zero-order valence-electron chi connectivity index (χ0n) is 10.8. The van der Waals surface area contributed by atoms with Crippen molar-refractivity contribution >= 4 is 27.5 Å². The third-order valence-electron chi connectivity index (χ3n) is 1.82. The standard InChI is InChI=1S/C9H7NO.2C2H6.Al.2H/c11-8-5-1-3-7-4-2-6-10-9(7)8;2*1-2;;;/h1-6,11H;2*1-2H3;;;/q;;;+1;;/p-1. The topological polar surface area (TPSA) is 22.1 Å². The Morgan fingerprint density at radius 1 is 1.00 bits per heavy atom. The highest BCUT2D eigenvalue weighted by molar-refractivity contribution is 6.01. The molecule has 0 aliphatic carbocycles. The number of rotatable bonds is 1. The minimum atomic E-state index is 0.706. The molecule has 0 atom stereocenters. The molecule has 3 heteroatoms. The van der Waals surface area contributed by atoms with Gasteiger partial charge in [0.1, 0.15) is 11.3 Å². The van der Waals surface area contributed by atoms with Crippen molar-refractivity contribution in [3.63, 3.8) is 0 Å². The van der Waals surface area contributed by atoms with E-state index in [1.54, 1.807) is 6.20 Å². The van der Waals surface area contributed by atoms with E-state index in [9.17, 15) is 0 Å². The fraction of sp³-hybridized carbons (Fsp3) is 0.308. The molecule has 0 spiro atoms. The first-order valence-electron chi connectivity index (χ1n) is 5.79. The van der Waals surface area contributed by atoms with E-state index in [0.717, 1.165) is 16.7 Å². The second-order valence-corrected chi connectivity index (χ2v) is 2.94. The van der Waals surface area contributed by atoms with Crippen molar-refractivity contribution in [2.24, 2.45) is 0 Å². The van der Waals surface area contributed by atoms with E-state index in [1.165, 1.54) is 0 Å². The summed E-state index contributed by atoms with van der Waals surface area (Å²) < 4.78 is 5.30. The Labute approximate surface area is 106 Å². The summed E-state index contributed by atoms with van der Waals surface area (Å²) in [4.78, 5) is 4.25. The number of hydrogen-bond donors (Lipinski definition) is 0. The SMILES string of the molecule is CC.CC.[AlH2][O]c1cccc2cccnc12. The van der Waals surface area contributed by atoms with Crippen LogP contribution in [0.1, 0.15) is 27.7 Å². The molecule has 2 rings (SSSR count). The molecule has 2 aromatic rings. The van der Waals surface area contributed by atoms with Crippen molar-refractivity contribution in [1.29, 1.82) is 0 Å².